The number of carboxylic acid groups (broad SMARTS) is 2. The lowest BCUT2D eigenvalue weighted by molar-refractivity contribution is -0.139. The molecule has 20 heavy (non-hydrogen) atoms. The topological polar surface area (TPSA) is 83.8 Å². The predicted molar refractivity (Wildman–Crippen MR) is 73.8 cm³/mol. The van der Waals surface area contributed by atoms with Gasteiger partial charge in [-0.1, -0.05) is 32.1 Å². The molecular formula is C15H18O5. The maximum atomic E-state index is 11.1. The molecule has 0 unspecified atom stereocenters. The molecule has 1 aromatic carbocycles. The fourth-order valence-electron chi connectivity index (χ4n) is 1.68. The molecule has 0 aromatic heterocycles. The van der Waals surface area contributed by atoms with Crippen LogP contribution in [0.2, 0.25) is 0 Å². The van der Waals surface area contributed by atoms with E-state index in [0.29, 0.717) is 17.7 Å². The number of aliphatic carboxylic acids is 2. The molecule has 108 valence electrons. The Labute approximate surface area is 117 Å². The number of carbonyl (C=O) groups is 2. The summed E-state index contributed by atoms with van der Waals surface area (Å²) in [5, 5.41) is 17.6. The summed E-state index contributed by atoms with van der Waals surface area (Å²) < 4.78 is 5.01. The van der Waals surface area contributed by atoms with Gasteiger partial charge in [-0.05, 0) is 23.6 Å². The number of hydrogen-bond donors (Lipinski definition) is 2. The molecule has 0 fully saturated rings. The molecule has 2 N–H and O–H groups in total. The number of allylic oxidation sites excluding steroid dienone is 1. The van der Waals surface area contributed by atoms with Crippen LogP contribution in [-0.4, -0.2) is 28.8 Å². The van der Waals surface area contributed by atoms with Gasteiger partial charge in [0.25, 0.3) is 0 Å². The lowest BCUT2D eigenvalue weighted by atomic mass is 10.0. The molecule has 0 aliphatic carbocycles. The number of benzene rings is 1. The molecule has 0 aliphatic heterocycles. The molecule has 0 saturated heterocycles. The summed E-state index contributed by atoms with van der Waals surface area (Å²) in [6.07, 6.45) is 2.05. The maximum Gasteiger partial charge on any atom is 0.341 e. The highest BCUT2D eigenvalue weighted by Crippen LogP contribution is 2.16. The Morgan fingerprint density at radius 3 is 2.25 bits per heavy atom. The van der Waals surface area contributed by atoms with Crippen LogP contribution in [0.3, 0.4) is 0 Å². The van der Waals surface area contributed by atoms with E-state index < -0.39 is 18.5 Å². The maximum absolute atomic E-state index is 11.1. The molecule has 0 aliphatic rings. The van der Waals surface area contributed by atoms with Gasteiger partial charge in [-0.2, -0.15) is 0 Å². The fraction of sp³-hybridized carbons (Fsp3) is 0.333. The standard InChI is InChI=1S/C15H18O5/c1-10(2)7-12(15(18)19)8-11-3-5-13(6-4-11)20-9-14(16)17/h3-7,10H,8-9H2,1-2H3,(H,16,17)(H,18,19)/b12-7+. The summed E-state index contributed by atoms with van der Waals surface area (Å²) in [6.45, 7) is 3.45. The lowest BCUT2D eigenvalue weighted by Crippen LogP contribution is -2.09. The Kier molecular flexibility index (Phi) is 5.77. The summed E-state index contributed by atoms with van der Waals surface area (Å²) >= 11 is 0. The number of rotatable bonds is 7. The van der Waals surface area contributed by atoms with Gasteiger partial charge in [-0.25, -0.2) is 9.59 Å². The van der Waals surface area contributed by atoms with Crippen molar-refractivity contribution in [2.45, 2.75) is 20.3 Å². The van der Waals surface area contributed by atoms with E-state index in [1.54, 1.807) is 30.3 Å². The van der Waals surface area contributed by atoms with Gasteiger partial charge in [0, 0.05) is 12.0 Å². The molecule has 5 nitrogen and oxygen atoms in total. The van der Waals surface area contributed by atoms with Crippen LogP contribution in [0.1, 0.15) is 19.4 Å². The summed E-state index contributed by atoms with van der Waals surface area (Å²) in [5.41, 5.74) is 1.18. The van der Waals surface area contributed by atoms with Gasteiger partial charge in [-0.15, -0.1) is 0 Å². The minimum absolute atomic E-state index is 0.166. The minimum atomic E-state index is -1.04. The van der Waals surface area contributed by atoms with Crippen LogP contribution < -0.4 is 4.74 Å². The number of ether oxygens (including phenoxy) is 1. The van der Waals surface area contributed by atoms with E-state index in [1.165, 1.54) is 0 Å². The van der Waals surface area contributed by atoms with Gasteiger partial charge in [0.2, 0.25) is 0 Å². The second-order valence-electron chi connectivity index (χ2n) is 4.74. The van der Waals surface area contributed by atoms with E-state index in [2.05, 4.69) is 0 Å². The summed E-state index contributed by atoms with van der Waals surface area (Å²) in [4.78, 5) is 21.5. The third-order valence-electron chi connectivity index (χ3n) is 2.49. The molecule has 5 heteroatoms. The first-order chi connectivity index (χ1) is 9.38. The van der Waals surface area contributed by atoms with Crippen molar-refractivity contribution in [3.05, 3.63) is 41.5 Å². The van der Waals surface area contributed by atoms with E-state index in [4.69, 9.17) is 14.9 Å². The van der Waals surface area contributed by atoms with Gasteiger partial charge in [0.05, 0.1) is 0 Å². The van der Waals surface area contributed by atoms with Crippen LogP contribution >= 0.6 is 0 Å². The Bertz CT molecular complexity index is 500. The smallest absolute Gasteiger partial charge is 0.341 e. The van der Waals surface area contributed by atoms with Crippen molar-refractivity contribution in [1.29, 1.82) is 0 Å². The third-order valence-corrected chi connectivity index (χ3v) is 2.49. The van der Waals surface area contributed by atoms with Crippen LogP contribution in [0.25, 0.3) is 0 Å². The van der Waals surface area contributed by atoms with Crippen molar-refractivity contribution < 1.29 is 24.5 Å². The normalized spacial score (nSPS) is 11.4. The van der Waals surface area contributed by atoms with Gasteiger partial charge in [-0.3, -0.25) is 0 Å². The molecule has 0 saturated carbocycles. The first kappa shape index (κ1) is 15.8. The Morgan fingerprint density at radius 2 is 1.80 bits per heavy atom. The molecule has 1 rings (SSSR count). The molecule has 1 aromatic rings. The predicted octanol–water partition coefficient (Wildman–Crippen LogP) is 2.36. The molecular weight excluding hydrogens is 260 g/mol. The lowest BCUT2D eigenvalue weighted by Gasteiger charge is -2.07. The average Bonchev–Trinajstić information content (AvgIpc) is 2.36. The minimum Gasteiger partial charge on any atom is -0.482 e. The van der Waals surface area contributed by atoms with Crippen LogP contribution in [0, 0.1) is 5.92 Å². The molecule has 0 bridgehead atoms. The van der Waals surface area contributed by atoms with Crippen LogP contribution in [0.5, 0.6) is 5.75 Å². The highest BCUT2D eigenvalue weighted by molar-refractivity contribution is 5.87. The van der Waals surface area contributed by atoms with Gasteiger partial charge >= 0.3 is 11.9 Å². The van der Waals surface area contributed by atoms with E-state index in [0.717, 1.165) is 5.56 Å². The average molecular weight is 278 g/mol. The number of hydrogen-bond acceptors (Lipinski definition) is 3. The van der Waals surface area contributed by atoms with Crippen molar-refractivity contribution in [3.63, 3.8) is 0 Å². The molecule has 0 spiro atoms. The van der Waals surface area contributed by atoms with Gasteiger partial charge in [0.1, 0.15) is 5.75 Å². The second-order valence-corrected chi connectivity index (χ2v) is 4.74. The van der Waals surface area contributed by atoms with E-state index >= 15 is 0 Å². The van der Waals surface area contributed by atoms with Crippen molar-refractivity contribution in [3.8, 4) is 5.75 Å². The van der Waals surface area contributed by atoms with Crippen LogP contribution in [0.4, 0.5) is 0 Å². The van der Waals surface area contributed by atoms with Gasteiger partial charge < -0.3 is 14.9 Å². The number of carboxylic acids is 2. The zero-order valence-corrected chi connectivity index (χ0v) is 11.5. The van der Waals surface area contributed by atoms with E-state index in [1.807, 2.05) is 13.8 Å². The SMILES string of the molecule is CC(C)/C=C(\Cc1ccc(OCC(=O)O)cc1)C(=O)O. The highest BCUT2D eigenvalue weighted by Gasteiger charge is 2.09. The van der Waals surface area contributed by atoms with Crippen molar-refractivity contribution >= 4 is 11.9 Å². The van der Waals surface area contributed by atoms with Crippen molar-refractivity contribution in [1.82, 2.24) is 0 Å². The Hall–Kier alpha value is -2.30. The Morgan fingerprint density at radius 1 is 1.20 bits per heavy atom. The molecule has 0 atom stereocenters. The fourth-order valence-corrected chi connectivity index (χ4v) is 1.68. The van der Waals surface area contributed by atoms with Crippen LogP contribution in [-0.2, 0) is 16.0 Å². The van der Waals surface area contributed by atoms with Crippen LogP contribution in [0.15, 0.2) is 35.9 Å². The molecule has 0 heterocycles. The second kappa shape index (κ2) is 7.33. The largest absolute Gasteiger partial charge is 0.482 e. The van der Waals surface area contributed by atoms with E-state index in [9.17, 15) is 9.59 Å². The Balaban J connectivity index is 2.73. The zero-order valence-electron chi connectivity index (χ0n) is 11.5. The quantitative estimate of drug-likeness (QED) is 0.748. The monoisotopic (exact) mass is 278 g/mol. The van der Waals surface area contributed by atoms with Gasteiger partial charge in [0.15, 0.2) is 6.61 Å². The summed E-state index contributed by atoms with van der Waals surface area (Å²) in [5.74, 6) is -1.35. The first-order valence-corrected chi connectivity index (χ1v) is 6.26. The molecule has 0 radical (unpaired) electrons. The molecule has 0 amide bonds. The zero-order chi connectivity index (χ0) is 15.1. The van der Waals surface area contributed by atoms with Crippen molar-refractivity contribution in [2.24, 2.45) is 5.92 Å². The summed E-state index contributed by atoms with van der Waals surface area (Å²) in [7, 11) is 0. The highest BCUT2D eigenvalue weighted by atomic mass is 16.5. The summed E-state index contributed by atoms with van der Waals surface area (Å²) in [6, 6.07) is 6.73. The third kappa shape index (κ3) is 5.56. The van der Waals surface area contributed by atoms with E-state index in [-0.39, 0.29) is 5.92 Å². The first-order valence-electron chi connectivity index (χ1n) is 6.26. The van der Waals surface area contributed by atoms with Crippen molar-refractivity contribution in [2.75, 3.05) is 6.61 Å².